The van der Waals surface area contributed by atoms with Gasteiger partial charge in [-0.3, -0.25) is 0 Å². The molecule has 0 saturated carbocycles. The lowest BCUT2D eigenvalue weighted by molar-refractivity contribution is -0.307. The number of urea groups is 1. The number of nitrogens with one attached hydrogen (secondary N) is 2. The Morgan fingerprint density at radius 1 is 1.41 bits per heavy atom. The summed E-state index contributed by atoms with van der Waals surface area (Å²) in [7, 11) is 0. The molecule has 1 atom stereocenters. The molecule has 0 aliphatic heterocycles. The summed E-state index contributed by atoms with van der Waals surface area (Å²) >= 11 is 0. The summed E-state index contributed by atoms with van der Waals surface area (Å²) in [5, 5.41) is 15.2. The summed E-state index contributed by atoms with van der Waals surface area (Å²) in [5.74, 6) is -1.32. The van der Waals surface area contributed by atoms with Crippen molar-refractivity contribution in [3.05, 3.63) is 29.8 Å². The van der Waals surface area contributed by atoms with Crippen LogP contribution in [0.3, 0.4) is 0 Å². The Morgan fingerprint density at radius 2 is 2.12 bits per heavy atom. The second kappa shape index (κ2) is 5.89. The molecule has 0 bridgehead atoms. The van der Waals surface area contributed by atoms with E-state index in [4.69, 9.17) is 0 Å². The minimum absolute atomic E-state index is 0.560. The van der Waals surface area contributed by atoms with Crippen LogP contribution in [0.2, 0.25) is 0 Å². The van der Waals surface area contributed by atoms with E-state index in [0.29, 0.717) is 5.69 Å². The maximum Gasteiger partial charge on any atom is 0.319 e. The number of hydrogen-bond acceptors (Lipinski definition) is 3. The summed E-state index contributed by atoms with van der Waals surface area (Å²) in [6.45, 7) is 3.36. The summed E-state index contributed by atoms with van der Waals surface area (Å²) in [6, 6.07) is 5.77. The number of amides is 2. The van der Waals surface area contributed by atoms with Gasteiger partial charge in [0.15, 0.2) is 0 Å². The van der Waals surface area contributed by atoms with Gasteiger partial charge in [0.25, 0.3) is 0 Å². The maximum atomic E-state index is 11.4. The number of carbonyl (C=O) groups is 2. The van der Waals surface area contributed by atoms with Crippen molar-refractivity contribution in [3.8, 4) is 0 Å². The van der Waals surface area contributed by atoms with Gasteiger partial charge in [0.05, 0.1) is 12.0 Å². The maximum absolute atomic E-state index is 11.4. The molecule has 17 heavy (non-hydrogen) atoms. The number of hydrogen-bond donors (Lipinski definition) is 2. The van der Waals surface area contributed by atoms with Gasteiger partial charge in [-0.05, 0) is 31.0 Å². The van der Waals surface area contributed by atoms with E-state index in [1.807, 2.05) is 25.1 Å². The van der Waals surface area contributed by atoms with Gasteiger partial charge in [0.1, 0.15) is 0 Å². The standard InChI is InChI=1S/C12H16N2O3/c1-3-9-5-4-6-10(7-9)14-12(17)13-8(2)11(15)16/h4-8H,3H2,1-2H3,(H,15,16)(H2,13,14,17)/p-1/t8-/m0/s1. The number of carbonyl (C=O) groups excluding carboxylic acids is 2. The number of anilines is 1. The summed E-state index contributed by atoms with van der Waals surface area (Å²) in [4.78, 5) is 21.8. The minimum atomic E-state index is -1.32. The lowest BCUT2D eigenvalue weighted by Crippen LogP contribution is -2.47. The van der Waals surface area contributed by atoms with Gasteiger partial charge in [0.2, 0.25) is 0 Å². The van der Waals surface area contributed by atoms with Crippen LogP contribution in [-0.4, -0.2) is 18.0 Å². The Hall–Kier alpha value is -2.04. The van der Waals surface area contributed by atoms with E-state index >= 15 is 0 Å². The molecule has 5 heteroatoms. The highest BCUT2D eigenvalue weighted by molar-refractivity contribution is 5.91. The van der Waals surface area contributed by atoms with Crippen LogP contribution in [0.1, 0.15) is 19.4 Å². The fourth-order valence-electron chi connectivity index (χ4n) is 1.29. The molecule has 0 aromatic heterocycles. The molecule has 0 spiro atoms. The Kier molecular flexibility index (Phi) is 4.51. The lowest BCUT2D eigenvalue weighted by atomic mass is 10.1. The monoisotopic (exact) mass is 235 g/mol. The first-order valence-corrected chi connectivity index (χ1v) is 5.40. The average Bonchev–Trinajstić information content (AvgIpc) is 2.28. The van der Waals surface area contributed by atoms with Crippen LogP contribution in [0.4, 0.5) is 10.5 Å². The van der Waals surface area contributed by atoms with E-state index in [-0.39, 0.29) is 0 Å². The number of carboxylic acid groups (broad SMARTS) is 1. The second-order valence-corrected chi connectivity index (χ2v) is 3.69. The zero-order valence-corrected chi connectivity index (χ0v) is 9.82. The molecule has 0 aliphatic rings. The van der Waals surface area contributed by atoms with Crippen LogP contribution in [-0.2, 0) is 11.2 Å². The fraction of sp³-hybridized carbons (Fsp3) is 0.333. The molecular formula is C12H15N2O3-. The highest BCUT2D eigenvalue weighted by atomic mass is 16.4. The van der Waals surface area contributed by atoms with Crippen molar-refractivity contribution in [1.29, 1.82) is 0 Å². The van der Waals surface area contributed by atoms with E-state index < -0.39 is 18.0 Å². The second-order valence-electron chi connectivity index (χ2n) is 3.69. The minimum Gasteiger partial charge on any atom is -0.548 e. The molecule has 0 radical (unpaired) electrons. The van der Waals surface area contributed by atoms with E-state index in [2.05, 4.69) is 10.6 Å². The number of aliphatic carboxylic acids is 1. The zero-order valence-electron chi connectivity index (χ0n) is 9.82. The zero-order chi connectivity index (χ0) is 12.8. The van der Waals surface area contributed by atoms with Gasteiger partial charge in [0, 0.05) is 5.69 Å². The number of rotatable bonds is 4. The molecule has 0 saturated heterocycles. The van der Waals surface area contributed by atoms with Crippen molar-refractivity contribution in [3.63, 3.8) is 0 Å². The molecule has 0 aliphatic carbocycles. The molecule has 2 N–H and O–H groups in total. The summed E-state index contributed by atoms with van der Waals surface area (Å²) in [6.07, 6.45) is 0.868. The predicted octanol–water partition coefficient (Wildman–Crippen LogP) is 0.509. The first kappa shape index (κ1) is 13.0. The van der Waals surface area contributed by atoms with Gasteiger partial charge in [-0.1, -0.05) is 19.1 Å². The molecule has 0 heterocycles. The smallest absolute Gasteiger partial charge is 0.319 e. The Morgan fingerprint density at radius 3 is 2.71 bits per heavy atom. The number of benzene rings is 1. The van der Waals surface area contributed by atoms with Gasteiger partial charge in [-0.2, -0.15) is 0 Å². The van der Waals surface area contributed by atoms with Gasteiger partial charge < -0.3 is 20.5 Å². The molecule has 2 amide bonds. The molecule has 0 fully saturated rings. The van der Waals surface area contributed by atoms with Gasteiger partial charge in [-0.25, -0.2) is 4.79 Å². The van der Waals surface area contributed by atoms with E-state index in [1.54, 1.807) is 6.07 Å². The SMILES string of the molecule is CCc1cccc(NC(=O)N[C@@H](C)C(=O)[O-])c1. The van der Waals surface area contributed by atoms with Crippen molar-refractivity contribution in [2.24, 2.45) is 0 Å². The molecule has 92 valence electrons. The quantitative estimate of drug-likeness (QED) is 0.797. The highest BCUT2D eigenvalue weighted by Crippen LogP contribution is 2.10. The topological polar surface area (TPSA) is 81.3 Å². The van der Waals surface area contributed by atoms with E-state index in [1.165, 1.54) is 6.92 Å². The van der Waals surface area contributed by atoms with Crippen molar-refractivity contribution in [2.75, 3.05) is 5.32 Å². The molecule has 1 aromatic rings. The van der Waals surface area contributed by atoms with E-state index in [0.717, 1.165) is 12.0 Å². The Bertz CT molecular complexity index is 418. The average molecular weight is 235 g/mol. The third-order valence-electron chi connectivity index (χ3n) is 2.29. The third kappa shape index (κ3) is 4.14. The largest absolute Gasteiger partial charge is 0.548 e. The van der Waals surface area contributed by atoms with Crippen molar-refractivity contribution in [1.82, 2.24) is 5.32 Å². The van der Waals surface area contributed by atoms with Gasteiger partial charge in [-0.15, -0.1) is 0 Å². The Balaban J connectivity index is 2.58. The summed E-state index contributed by atoms with van der Waals surface area (Å²) < 4.78 is 0. The molecular weight excluding hydrogens is 220 g/mol. The van der Waals surface area contributed by atoms with Crippen molar-refractivity contribution >= 4 is 17.7 Å². The van der Waals surface area contributed by atoms with Gasteiger partial charge >= 0.3 is 6.03 Å². The molecule has 1 aromatic carbocycles. The lowest BCUT2D eigenvalue weighted by Gasteiger charge is -2.15. The first-order chi connectivity index (χ1) is 8.02. The third-order valence-corrected chi connectivity index (χ3v) is 2.29. The Labute approximate surface area is 99.8 Å². The highest BCUT2D eigenvalue weighted by Gasteiger charge is 2.07. The molecule has 0 unspecified atom stereocenters. The van der Waals surface area contributed by atoms with Crippen LogP contribution < -0.4 is 15.7 Å². The molecule has 1 rings (SSSR count). The number of carboxylic acids is 1. The fourth-order valence-corrected chi connectivity index (χ4v) is 1.29. The van der Waals surface area contributed by atoms with Crippen molar-refractivity contribution in [2.45, 2.75) is 26.3 Å². The predicted molar refractivity (Wildman–Crippen MR) is 62.4 cm³/mol. The van der Waals surface area contributed by atoms with Crippen molar-refractivity contribution < 1.29 is 14.7 Å². The van der Waals surface area contributed by atoms with Crippen LogP contribution in [0, 0.1) is 0 Å². The number of aryl methyl sites for hydroxylation is 1. The normalized spacial score (nSPS) is 11.6. The van der Waals surface area contributed by atoms with Crippen LogP contribution >= 0.6 is 0 Å². The first-order valence-electron chi connectivity index (χ1n) is 5.40. The summed E-state index contributed by atoms with van der Waals surface area (Å²) in [5.41, 5.74) is 1.73. The van der Waals surface area contributed by atoms with Crippen LogP contribution in [0.15, 0.2) is 24.3 Å². The van der Waals surface area contributed by atoms with Crippen LogP contribution in [0.25, 0.3) is 0 Å². The van der Waals surface area contributed by atoms with Crippen LogP contribution in [0.5, 0.6) is 0 Å². The molecule has 5 nitrogen and oxygen atoms in total. The van der Waals surface area contributed by atoms with E-state index in [9.17, 15) is 14.7 Å².